The number of hydrogen-bond donors (Lipinski definition) is 1. The highest BCUT2D eigenvalue weighted by Crippen LogP contribution is 2.24. The van der Waals surface area contributed by atoms with Crippen molar-refractivity contribution in [2.75, 3.05) is 23.4 Å². The smallest absolute Gasteiger partial charge is 0.238 e. The summed E-state index contributed by atoms with van der Waals surface area (Å²) in [5, 5.41) is 3.27. The number of benzene rings is 1. The second-order valence-corrected chi connectivity index (χ2v) is 9.21. The molecule has 2 aromatic rings. The molecule has 1 aliphatic heterocycles. The number of carbonyl (C=O) groups excluding carboxylic acids is 1. The molecular weight excluding hydrogens is 376 g/mol. The number of nitrogens with zero attached hydrogens (tertiary/aromatic N) is 1. The standard InChI is InChI=1S/C18H21ClN2O4S/c1-13-4-5-17(16(19)9-13)20-18(22)11-21(10-15-3-2-7-25-15)14-6-8-26(23,24)12-14/h2-5,7,9,14H,6,8,10-12H2,1H3,(H,20,22). The monoisotopic (exact) mass is 396 g/mol. The van der Waals surface area contributed by atoms with Gasteiger partial charge in [-0.05, 0) is 43.2 Å². The largest absolute Gasteiger partial charge is 0.468 e. The number of furan rings is 1. The minimum absolute atomic E-state index is 0.0606. The number of hydrogen-bond acceptors (Lipinski definition) is 5. The molecule has 6 nitrogen and oxygen atoms in total. The Kier molecular flexibility index (Phi) is 5.70. The molecule has 1 aromatic heterocycles. The zero-order chi connectivity index (χ0) is 18.7. The molecule has 1 aromatic carbocycles. The van der Waals surface area contributed by atoms with Crippen LogP contribution in [-0.2, 0) is 21.2 Å². The summed E-state index contributed by atoms with van der Waals surface area (Å²) in [6.07, 6.45) is 2.08. The number of halogens is 1. The van der Waals surface area contributed by atoms with Crippen LogP contribution in [0.5, 0.6) is 0 Å². The molecule has 8 heteroatoms. The van der Waals surface area contributed by atoms with Gasteiger partial charge in [-0.2, -0.15) is 0 Å². The van der Waals surface area contributed by atoms with E-state index in [1.807, 2.05) is 24.0 Å². The highest BCUT2D eigenvalue weighted by molar-refractivity contribution is 7.91. The van der Waals surface area contributed by atoms with Gasteiger partial charge in [-0.15, -0.1) is 0 Å². The molecule has 1 aliphatic rings. The fraction of sp³-hybridized carbons (Fsp3) is 0.389. The predicted molar refractivity (Wildman–Crippen MR) is 101 cm³/mol. The topological polar surface area (TPSA) is 79.6 Å². The van der Waals surface area contributed by atoms with Crippen molar-refractivity contribution in [3.63, 3.8) is 0 Å². The van der Waals surface area contributed by atoms with E-state index in [9.17, 15) is 13.2 Å². The van der Waals surface area contributed by atoms with Crippen LogP contribution >= 0.6 is 11.6 Å². The van der Waals surface area contributed by atoms with Crippen LogP contribution in [0.15, 0.2) is 41.0 Å². The van der Waals surface area contributed by atoms with Crippen molar-refractivity contribution < 1.29 is 17.6 Å². The number of aryl methyl sites for hydroxylation is 1. The van der Waals surface area contributed by atoms with Crippen LogP contribution in [0.4, 0.5) is 5.69 Å². The Morgan fingerprint density at radius 1 is 1.38 bits per heavy atom. The summed E-state index contributed by atoms with van der Waals surface area (Å²) in [5.41, 5.74) is 1.54. The van der Waals surface area contributed by atoms with Gasteiger partial charge in [0.25, 0.3) is 0 Å². The molecule has 1 amide bonds. The van der Waals surface area contributed by atoms with Crippen molar-refractivity contribution in [2.45, 2.75) is 25.9 Å². The average molecular weight is 397 g/mol. The second kappa shape index (κ2) is 7.82. The summed E-state index contributed by atoms with van der Waals surface area (Å²) in [4.78, 5) is 14.4. The molecule has 1 unspecified atom stereocenters. The van der Waals surface area contributed by atoms with E-state index in [1.54, 1.807) is 24.5 Å². The molecule has 1 saturated heterocycles. The van der Waals surface area contributed by atoms with E-state index in [0.29, 0.717) is 29.4 Å². The minimum Gasteiger partial charge on any atom is -0.468 e. The van der Waals surface area contributed by atoms with Gasteiger partial charge in [-0.25, -0.2) is 8.42 Å². The van der Waals surface area contributed by atoms with Crippen LogP contribution in [0, 0.1) is 6.92 Å². The zero-order valence-corrected chi connectivity index (χ0v) is 16.0. The van der Waals surface area contributed by atoms with E-state index in [1.165, 1.54) is 0 Å². The first-order valence-electron chi connectivity index (χ1n) is 8.35. The Labute approximate surface area is 158 Å². The Balaban J connectivity index is 1.71. The first-order chi connectivity index (χ1) is 12.3. The predicted octanol–water partition coefficient (Wildman–Crippen LogP) is 2.87. The van der Waals surface area contributed by atoms with Crippen LogP contribution in [0.25, 0.3) is 0 Å². The Hall–Kier alpha value is -1.83. The van der Waals surface area contributed by atoms with E-state index in [-0.39, 0.29) is 30.0 Å². The van der Waals surface area contributed by atoms with E-state index in [2.05, 4.69) is 5.32 Å². The SMILES string of the molecule is Cc1ccc(NC(=O)CN(Cc2ccco2)C2CCS(=O)(=O)C2)c(Cl)c1. The quantitative estimate of drug-likeness (QED) is 0.812. The molecule has 0 bridgehead atoms. The number of anilines is 1. The molecule has 1 N–H and O–H groups in total. The maximum atomic E-state index is 12.5. The zero-order valence-electron chi connectivity index (χ0n) is 14.4. The Morgan fingerprint density at radius 3 is 2.81 bits per heavy atom. The summed E-state index contributed by atoms with van der Waals surface area (Å²) in [5.74, 6) is 0.659. The van der Waals surface area contributed by atoms with Gasteiger partial charge < -0.3 is 9.73 Å². The average Bonchev–Trinajstić information content (AvgIpc) is 3.19. The lowest BCUT2D eigenvalue weighted by molar-refractivity contribution is -0.118. The lowest BCUT2D eigenvalue weighted by Crippen LogP contribution is -2.41. The molecule has 3 rings (SSSR count). The molecule has 0 aliphatic carbocycles. The van der Waals surface area contributed by atoms with E-state index in [4.69, 9.17) is 16.0 Å². The van der Waals surface area contributed by atoms with Gasteiger partial charge in [0.2, 0.25) is 5.91 Å². The first kappa shape index (κ1) is 18.9. The second-order valence-electron chi connectivity index (χ2n) is 6.57. The summed E-state index contributed by atoms with van der Waals surface area (Å²) in [7, 11) is -3.05. The minimum atomic E-state index is -3.05. The third-order valence-corrected chi connectivity index (χ3v) is 6.47. The first-order valence-corrected chi connectivity index (χ1v) is 10.6. The molecule has 2 heterocycles. The van der Waals surface area contributed by atoms with Crippen LogP contribution in [0.1, 0.15) is 17.7 Å². The van der Waals surface area contributed by atoms with Crippen LogP contribution in [0.2, 0.25) is 5.02 Å². The van der Waals surface area contributed by atoms with Gasteiger partial charge in [0.1, 0.15) is 5.76 Å². The Bertz CT molecular complexity index is 881. The highest BCUT2D eigenvalue weighted by Gasteiger charge is 2.33. The van der Waals surface area contributed by atoms with Crippen molar-refractivity contribution in [3.05, 3.63) is 52.9 Å². The lowest BCUT2D eigenvalue weighted by atomic mass is 10.2. The van der Waals surface area contributed by atoms with Gasteiger partial charge in [0.15, 0.2) is 9.84 Å². The molecule has 1 fully saturated rings. The number of amides is 1. The molecule has 26 heavy (non-hydrogen) atoms. The molecule has 0 saturated carbocycles. The van der Waals surface area contributed by atoms with Crippen molar-refractivity contribution in [2.24, 2.45) is 0 Å². The van der Waals surface area contributed by atoms with E-state index >= 15 is 0 Å². The summed E-state index contributed by atoms with van der Waals surface area (Å²) in [6.45, 7) is 2.36. The normalized spacial score (nSPS) is 19.0. The number of carbonyl (C=O) groups is 1. The van der Waals surface area contributed by atoms with E-state index < -0.39 is 9.84 Å². The summed E-state index contributed by atoms with van der Waals surface area (Å²) in [6, 6.07) is 8.78. The third-order valence-electron chi connectivity index (χ3n) is 4.41. The van der Waals surface area contributed by atoms with Crippen LogP contribution in [-0.4, -0.2) is 43.3 Å². The van der Waals surface area contributed by atoms with Crippen molar-refractivity contribution >= 4 is 33.0 Å². The molecule has 0 radical (unpaired) electrons. The summed E-state index contributed by atoms with van der Waals surface area (Å²) >= 11 is 6.17. The lowest BCUT2D eigenvalue weighted by Gasteiger charge is -2.26. The fourth-order valence-electron chi connectivity index (χ4n) is 3.08. The van der Waals surface area contributed by atoms with Gasteiger partial charge >= 0.3 is 0 Å². The van der Waals surface area contributed by atoms with Gasteiger partial charge in [0, 0.05) is 6.04 Å². The number of sulfone groups is 1. The van der Waals surface area contributed by atoms with E-state index in [0.717, 1.165) is 5.56 Å². The fourth-order valence-corrected chi connectivity index (χ4v) is 5.12. The Morgan fingerprint density at radius 2 is 2.19 bits per heavy atom. The highest BCUT2D eigenvalue weighted by atomic mass is 35.5. The van der Waals surface area contributed by atoms with Crippen LogP contribution in [0.3, 0.4) is 0 Å². The summed E-state index contributed by atoms with van der Waals surface area (Å²) < 4.78 is 29.0. The van der Waals surface area contributed by atoms with Crippen molar-refractivity contribution in [1.82, 2.24) is 4.90 Å². The van der Waals surface area contributed by atoms with Crippen LogP contribution < -0.4 is 5.32 Å². The number of nitrogens with one attached hydrogen (secondary N) is 1. The molecule has 1 atom stereocenters. The van der Waals surface area contributed by atoms with Gasteiger partial charge in [-0.3, -0.25) is 9.69 Å². The van der Waals surface area contributed by atoms with Gasteiger partial charge in [-0.1, -0.05) is 17.7 Å². The molecule has 0 spiro atoms. The van der Waals surface area contributed by atoms with Crippen molar-refractivity contribution in [3.8, 4) is 0 Å². The maximum absolute atomic E-state index is 12.5. The molecule has 140 valence electrons. The maximum Gasteiger partial charge on any atom is 0.238 e. The van der Waals surface area contributed by atoms with Crippen molar-refractivity contribution in [1.29, 1.82) is 0 Å². The third kappa shape index (κ3) is 4.87. The molecular formula is C18H21ClN2O4S. The number of rotatable bonds is 6. The van der Waals surface area contributed by atoms with Gasteiger partial charge in [0.05, 0.1) is 41.6 Å².